The number of carbonyl (C=O) groups is 1. The van der Waals surface area contributed by atoms with Crippen LogP contribution in [0.1, 0.15) is 5.56 Å². The Balaban J connectivity index is 1.73. The van der Waals surface area contributed by atoms with Gasteiger partial charge in [0.05, 0.1) is 21.7 Å². The van der Waals surface area contributed by atoms with Gasteiger partial charge in [-0.05, 0) is 37.3 Å². The van der Waals surface area contributed by atoms with Gasteiger partial charge in [-0.3, -0.25) is 4.72 Å². The number of methoxy groups -OCH3 is 1. The molecule has 0 aliphatic rings. The molecule has 0 radical (unpaired) electrons. The summed E-state index contributed by atoms with van der Waals surface area (Å²) in [4.78, 5) is 16.3. The molecule has 0 spiro atoms. The van der Waals surface area contributed by atoms with Gasteiger partial charge < -0.3 is 15.4 Å². The molecule has 3 N–H and O–H groups in total. The van der Waals surface area contributed by atoms with Gasteiger partial charge in [-0.1, -0.05) is 29.0 Å². The van der Waals surface area contributed by atoms with Crippen molar-refractivity contribution in [3.05, 3.63) is 48.0 Å². The maximum Gasteiger partial charge on any atom is 0.319 e. The second kappa shape index (κ2) is 8.55. The standard InChI is InChI=1S/C18H20N4O4S2/c1-12-3-6-14(7-4-12)28(24,25)22-18-21-15-11-13(5-8-16(15)27-18)20-17(23)19-9-10-26-2/h3-8,11H,9-10H2,1-2H3,(H,21,22)(H2,19,20,23). The van der Waals surface area contributed by atoms with E-state index < -0.39 is 10.0 Å². The Hall–Kier alpha value is -2.69. The van der Waals surface area contributed by atoms with Crippen molar-refractivity contribution in [2.45, 2.75) is 11.8 Å². The van der Waals surface area contributed by atoms with Gasteiger partial charge in [-0.25, -0.2) is 18.2 Å². The van der Waals surface area contributed by atoms with E-state index in [0.29, 0.717) is 24.4 Å². The van der Waals surface area contributed by atoms with Crippen LogP contribution in [0.4, 0.5) is 15.6 Å². The maximum atomic E-state index is 12.5. The molecule has 0 atom stereocenters. The highest BCUT2D eigenvalue weighted by atomic mass is 32.2. The first kappa shape index (κ1) is 20.1. The second-order valence-corrected chi connectivity index (χ2v) is 8.71. The first-order chi connectivity index (χ1) is 13.4. The number of carbonyl (C=O) groups excluding carboxylic acids is 1. The van der Waals surface area contributed by atoms with Crippen molar-refractivity contribution < 1.29 is 17.9 Å². The first-order valence-corrected chi connectivity index (χ1v) is 10.7. The van der Waals surface area contributed by atoms with Crippen molar-refractivity contribution >= 4 is 48.4 Å². The number of benzene rings is 2. The van der Waals surface area contributed by atoms with Crippen molar-refractivity contribution in [1.82, 2.24) is 10.3 Å². The monoisotopic (exact) mass is 420 g/mol. The normalized spacial score (nSPS) is 11.4. The Kier molecular flexibility index (Phi) is 6.12. The fourth-order valence-corrected chi connectivity index (χ4v) is 4.46. The van der Waals surface area contributed by atoms with Gasteiger partial charge in [-0.2, -0.15) is 0 Å². The maximum absolute atomic E-state index is 12.5. The van der Waals surface area contributed by atoms with Crippen molar-refractivity contribution in [3.8, 4) is 0 Å². The van der Waals surface area contributed by atoms with Gasteiger partial charge in [-0.15, -0.1) is 0 Å². The van der Waals surface area contributed by atoms with Crippen molar-refractivity contribution in [2.75, 3.05) is 30.3 Å². The molecule has 0 bridgehead atoms. The van der Waals surface area contributed by atoms with E-state index in [0.717, 1.165) is 10.3 Å². The molecule has 2 aromatic carbocycles. The van der Waals surface area contributed by atoms with Crippen molar-refractivity contribution in [1.29, 1.82) is 0 Å². The molecule has 2 amide bonds. The third-order valence-electron chi connectivity index (χ3n) is 3.79. The summed E-state index contributed by atoms with van der Waals surface area (Å²) >= 11 is 1.22. The number of thiazole rings is 1. The Morgan fingerprint density at radius 1 is 1.18 bits per heavy atom. The number of fused-ring (bicyclic) bond motifs is 1. The highest BCUT2D eigenvalue weighted by Gasteiger charge is 2.16. The van der Waals surface area contributed by atoms with Crippen LogP contribution in [0.15, 0.2) is 47.4 Å². The molecule has 0 unspecified atom stereocenters. The van der Waals surface area contributed by atoms with Crippen LogP contribution in [-0.2, 0) is 14.8 Å². The average Bonchev–Trinajstić information content (AvgIpc) is 3.03. The van der Waals surface area contributed by atoms with E-state index in [1.807, 2.05) is 6.92 Å². The van der Waals surface area contributed by atoms with Crippen molar-refractivity contribution in [3.63, 3.8) is 0 Å². The first-order valence-electron chi connectivity index (χ1n) is 8.41. The van der Waals surface area contributed by atoms with Crippen LogP contribution in [0, 0.1) is 6.92 Å². The third kappa shape index (κ3) is 4.97. The Labute approximate surface area is 167 Å². The molecule has 10 heteroatoms. The molecule has 1 heterocycles. The molecule has 0 saturated heterocycles. The van der Waals surface area contributed by atoms with Crippen LogP contribution >= 0.6 is 11.3 Å². The minimum Gasteiger partial charge on any atom is -0.383 e. The zero-order valence-electron chi connectivity index (χ0n) is 15.4. The zero-order chi connectivity index (χ0) is 20.1. The molecule has 148 valence electrons. The SMILES string of the molecule is COCCNC(=O)Nc1ccc2sc(NS(=O)(=O)c3ccc(C)cc3)nc2c1. The highest BCUT2D eigenvalue weighted by molar-refractivity contribution is 7.93. The molecule has 0 saturated carbocycles. The van der Waals surface area contributed by atoms with E-state index in [-0.39, 0.29) is 16.1 Å². The molecule has 28 heavy (non-hydrogen) atoms. The number of ether oxygens (including phenoxy) is 1. The third-order valence-corrected chi connectivity index (χ3v) is 6.23. The minimum atomic E-state index is -3.71. The lowest BCUT2D eigenvalue weighted by atomic mass is 10.2. The number of urea groups is 1. The van der Waals surface area contributed by atoms with Gasteiger partial charge in [0.2, 0.25) is 0 Å². The molecule has 0 aliphatic heterocycles. The van der Waals surface area contributed by atoms with E-state index in [1.165, 1.54) is 11.3 Å². The zero-order valence-corrected chi connectivity index (χ0v) is 17.0. The van der Waals surface area contributed by atoms with Crippen LogP contribution in [0.2, 0.25) is 0 Å². The number of aryl methyl sites for hydroxylation is 1. The molecule has 0 aliphatic carbocycles. The van der Waals surface area contributed by atoms with E-state index >= 15 is 0 Å². The second-order valence-electron chi connectivity index (χ2n) is 5.99. The van der Waals surface area contributed by atoms with E-state index in [2.05, 4.69) is 20.3 Å². The predicted molar refractivity (Wildman–Crippen MR) is 111 cm³/mol. The molecule has 0 fully saturated rings. The smallest absolute Gasteiger partial charge is 0.319 e. The quantitative estimate of drug-likeness (QED) is 0.509. The number of hydrogen-bond acceptors (Lipinski definition) is 6. The lowest BCUT2D eigenvalue weighted by Crippen LogP contribution is -2.31. The molecular weight excluding hydrogens is 400 g/mol. The summed E-state index contributed by atoms with van der Waals surface area (Å²) in [5, 5.41) is 5.62. The van der Waals surface area contributed by atoms with Crippen LogP contribution in [-0.4, -0.2) is 39.7 Å². The summed E-state index contributed by atoms with van der Waals surface area (Å²) in [5.74, 6) is 0. The number of sulfonamides is 1. The Morgan fingerprint density at radius 2 is 1.93 bits per heavy atom. The molecule has 1 aromatic heterocycles. The summed E-state index contributed by atoms with van der Waals surface area (Å²) in [5.41, 5.74) is 2.12. The van der Waals surface area contributed by atoms with E-state index in [9.17, 15) is 13.2 Å². The number of hydrogen-bond donors (Lipinski definition) is 3. The van der Waals surface area contributed by atoms with Gasteiger partial charge in [0.1, 0.15) is 0 Å². The van der Waals surface area contributed by atoms with Crippen LogP contribution < -0.4 is 15.4 Å². The molecule has 3 rings (SSSR count). The summed E-state index contributed by atoms with van der Waals surface area (Å²) in [6.45, 7) is 2.70. The van der Waals surface area contributed by atoms with Crippen molar-refractivity contribution in [2.24, 2.45) is 0 Å². The van der Waals surface area contributed by atoms with E-state index in [4.69, 9.17) is 4.74 Å². The van der Waals surface area contributed by atoms with Gasteiger partial charge in [0, 0.05) is 19.3 Å². The number of rotatable bonds is 7. The number of nitrogens with zero attached hydrogens (tertiary/aromatic N) is 1. The summed E-state index contributed by atoms with van der Waals surface area (Å²) < 4.78 is 33.2. The van der Waals surface area contributed by atoms with Gasteiger partial charge >= 0.3 is 6.03 Å². The Bertz CT molecular complexity index is 1080. The summed E-state index contributed by atoms with van der Waals surface area (Å²) in [6.07, 6.45) is 0. The van der Waals surface area contributed by atoms with E-state index in [1.54, 1.807) is 49.6 Å². The average molecular weight is 421 g/mol. The fraction of sp³-hybridized carbons (Fsp3) is 0.222. The summed E-state index contributed by atoms with van der Waals surface area (Å²) in [6, 6.07) is 11.4. The summed E-state index contributed by atoms with van der Waals surface area (Å²) in [7, 11) is -2.16. The number of anilines is 2. The molecular formula is C18H20N4O4S2. The van der Waals surface area contributed by atoms with Crippen LogP contribution in [0.25, 0.3) is 10.2 Å². The van der Waals surface area contributed by atoms with Crippen LogP contribution in [0.3, 0.4) is 0 Å². The lowest BCUT2D eigenvalue weighted by Gasteiger charge is -2.06. The molecule has 3 aromatic rings. The van der Waals surface area contributed by atoms with Gasteiger partial charge in [0.25, 0.3) is 10.0 Å². The minimum absolute atomic E-state index is 0.174. The predicted octanol–water partition coefficient (Wildman–Crippen LogP) is 3.17. The lowest BCUT2D eigenvalue weighted by molar-refractivity contribution is 0.198. The number of aromatic nitrogens is 1. The number of amides is 2. The number of nitrogens with one attached hydrogen (secondary N) is 3. The fourth-order valence-electron chi connectivity index (χ4n) is 2.38. The topological polar surface area (TPSA) is 109 Å². The van der Waals surface area contributed by atoms with Gasteiger partial charge in [0.15, 0.2) is 5.13 Å². The van der Waals surface area contributed by atoms with Crippen LogP contribution in [0.5, 0.6) is 0 Å². The molecule has 8 nitrogen and oxygen atoms in total. The largest absolute Gasteiger partial charge is 0.383 e. The Morgan fingerprint density at radius 3 is 2.64 bits per heavy atom. The highest BCUT2D eigenvalue weighted by Crippen LogP contribution is 2.29.